The van der Waals surface area contributed by atoms with Gasteiger partial charge in [0.05, 0.1) is 10.6 Å². The summed E-state index contributed by atoms with van der Waals surface area (Å²) in [6.45, 7) is 8.87. The minimum Gasteiger partial charge on any atom is -0.352 e. The molecule has 0 aliphatic heterocycles. The number of halogens is 2. The molecule has 0 unspecified atom stereocenters. The van der Waals surface area contributed by atoms with E-state index in [2.05, 4.69) is 5.32 Å². The average Bonchev–Trinajstić information content (AvgIpc) is 2.94. The maximum absolute atomic E-state index is 14.2. The number of carbonyl (C=O) groups excluding carboxylic acids is 2. The number of benzene rings is 3. The lowest BCUT2D eigenvalue weighted by Gasteiger charge is -2.34. The zero-order chi connectivity index (χ0) is 30.3. The molecule has 0 bridgehead atoms. The molecule has 3 rings (SSSR count). The van der Waals surface area contributed by atoms with Crippen molar-refractivity contribution in [1.29, 1.82) is 0 Å². The van der Waals surface area contributed by atoms with E-state index < -0.39 is 28.5 Å². The molecule has 0 aliphatic carbocycles. The Bertz CT molecular complexity index is 1460. The smallest absolute Gasteiger partial charge is 0.264 e. The van der Waals surface area contributed by atoms with Crippen LogP contribution in [0.5, 0.6) is 0 Å². The first-order chi connectivity index (χ1) is 19.4. The van der Waals surface area contributed by atoms with E-state index in [9.17, 15) is 18.0 Å². The number of aryl methyl sites for hydroxylation is 2. The average molecular weight is 619 g/mol. The molecular weight excluding hydrogens is 581 g/mol. The van der Waals surface area contributed by atoms with Crippen LogP contribution >= 0.6 is 23.2 Å². The highest BCUT2D eigenvalue weighted by Gasteiger charge is 2.34. The molecule has 2 atom stereocenters. The normalized spacial score (nSPS) is 12.9. The molecule has 0 heterocycles. The van der Waals surface area contributed by atoms with Gasteiger partial charge in [0.15, 0.2) is 0 Å². The highest BCUT2D eigenvalue weighted by molar-refractivity contribution is 7.92. The SMILES string of the molecule is CC[C@H](C(=O)N[C@@H](C)CC)N(Cc1ccc(Cl)cc1)C(=O)CN(c1cc(Cl)ccc1C)S(=O)(=O)c1ccc(C)cc1. The molecule has 0 aromatic heterocycles. The van der Waals surface area contributed by atoms with Crippen LogP contribution in [0.1, 0.15) is 50.3 Å². The Balaban J connectivity index is 2.10. The van der Waals surface area contributed by atoms with Crippen molar-refractivity contribution in [2.75, 3.05) is 10.8 Å². The molecule has 10 heteroatoms. The Morgan fingerprint density at radius 2 is 1.49 bits per heavy atom. The first kappa shape index (κ1) is 32.4. The monoisotopic (exact) mass is 617 g/mol. The van der Waals surface area contributed by atoms with Gasteiger partial charge in [-0.25, -0.2) is 8.42 Å². The van der Waals surface area contributed by atoms with Crippen LogP contribution in [0.15, 0.2) is 71.6 Å². The molecule has 0 aliphatic rings. The first-order valence-electron chi connectivity index (χ1n) is 13.6. The summed E-state index contributed by atoms with van der Waals surface area (Å²) in [5.41, 5.74) is 2.57. The second-order valence-electron chi connectivity index (χ2n) is 10.1. The maximum atomic E-state index is 14.2. The fraction of sp³-hybridized carbons (Fsp3) is 0.355. The highest BCUT2D eigenvalue weighted by atomic mass is 35.5. The van der Waals surface area contributed by atoms with E-state index in [0.717, 1.165) is 21.9 Å². The van der Waals surface area contributed by atoms with Crippen LogP contribution in [0.25, 0.3) is 0 Å². The lowest BCUT2D eigenvalue weighted by atomic mass is 10.1. The number of nitrogens with zero attached hydrogens (tertiary/aromatic N) is 2. The summed E-state index contributed by atoms with van der Waals surface area (Å²) < 4.78 is 29.2. The predicted molar refractivity (Wildman–Crippen MR) is 166 cm³/mol. The standard InChI is InChI=1S/C31H37Cl2N3O4S/c1-6-23(5)34-31(38)28(7-2)35(19-24-11-14-25(32)15-12-24)30(37)20-36(29-18-26(33)13-10-22(29)4)41(39,40)27-16-8-21(3)9-17-27/h8-18,23,28H,6-7,19-20H2,1-5H3,(H,34,38)/t23-,28+/m0/s1. The summed E-state index contributed by atoms with van der Waals surface area (Å²) in [7, 11) is -4.18. The van der Waals surface area contributed by atoms with Crippen molar-refractivity contribution < 1.29 is 18.0 Å². The van der Waals surface area contributed by atoms with Crippen molar-refractivity contribution in [2.24, 2.45) is 0 Å². The maximum Gasteiger partial charge on any atom is 0.264 e. The summed E-state index contributed by atoms with van der Waals surface area (Å²) >= 11 is 12.4. The molecule has 1 N–H and O–H groups in total. The second-order valence-corrected chi connectivity index (χ2v) is 12.9. The number of carbonyl (C=O) groups is 2. The van der Waals surface area contributed by atoms with Gasteiger partial charge in [-0.1, -0.05) is 72.9 Å². The molecule has 3 aromatic carbocycles. The summed E-state index contributed by atoms with van der Waals surface area (Å²) in [5, 5.41) is 3.85. The molecule has 220 valence electrons. The minimum atomic E-state index is -4.18. The van der Waals surface area contributed by atoms with Gasteiger partial charge >= 0.3 is 0 Å². The molecule has 0 saturated heterocycles. The molecule has 2 amide bonds. The molecular formula is C31H37Cl2N3O4S. The summed E-state index contributed by atoms with van der Waals surface area (Å²) in [6.07, 6.45) is 1.06. The third-order valence-electron chi connectivity index (χ3n) is 6.98. The van der Waals surface area contributed by atoms with E-state index in [1.165, 1.54) is 23.1 Å². The van der Waals surface area contributed by atoms with E-state index in [0.29, 0.717) is 22.0 Å². The van der Waals surface area contributed by atoms with E-state index in [1.54, 1.807) is 55.5 Å². The minimum absolute atomic E-state index is 0.0427. The third kappa shape index (κ3) is 8.24. The van der Waals surface area contributed by atoms with E-state index in [1.807, 2.05) is 27.7 Å². The lowest BCUT2D eigenvalue weighted by molar-refractivity contribution is -0.140. The Kier molecular flexibility index (Phi) is 11.2. The van der Waals surface area contributed by atoms with Crippen molar-refractivity contribution in [3.8, 4) is 0 Å². The van der Waals surface area contributed by atoms with Gasteiger partial charge < -0.3 is 10.2 Å². The fourth-order valence-corrected chi connectivity index (χ4v) is 6.11. The van der Waals surface area contributed by atoms with Gasteiger partial charge in [-0.15, -0.1) is 0 Å². The van der Waals surface area contributed by atoms with Gasteiger partial charge in [-0.2, -0.15) is 0 Å². The third-order valence-corrected chi connectivity index (χ3v) is 9.24. The molecule has 7 nitrogen and oxygen atoms in total. The number of amides is 2. The van der Waals surface area contributed by atoms with Crippen molar-refractivity contribution in [3.05, 3.63) is 93.5 Å². The molecule has 0 radical (unpaired) electrons. The van der Waals surface area contributed by atoms with Crippen LogP contribution in [-0.2, 0) is 26.2 Å². The van der Waals surface area contributed by atoms with Crippen LogP contribution < -0.4 is 9.62 Å². The largest absolute Gasteiger partial charge is 0.352 e. The molecule has 41 heavy (non-hydrogen) atoms. The van der Waals surface area contributed by atoms with Gasteiger partial charge in [0.1, 0.15) is 12.6 Å². The zero-order valence-corrected chi connectivity index (χ0v) is 26.4. The Hall–Kier alpha value is -3.07. The molecule has 0 spiro atoms. The molecule has 3 aromatic rings. The van der Waals surface area contributed by atoms with Gasteiger partial charge in [-0.3, -0.25) is 13.9 Å². The topological polar surface area (TPSA) is 86.8 Å². The number of anilines is 1. The van der Waals surface area contributed by atoms with Crippen LogP contribution in [0.2, 0.25) is 10.0 Å². The van der Waals surface area contributed by atoms with Crippen molar-refractivity contribution in [3.63, 3.8) is 0 Å². The number of hydrogen-bond acceptors (Lipinski definition) is 4. The lowest BCUT2D eigenvalue weighted by Crippen LogP contribution is -2.53. The van der Waals surface area contributed by atoms with Crippen molar-refractivity contribution >= 4 is 50.7 Å². The Morgan fingerprint density at radius 1 is 0.878 bits per heavy atom. The summed E-state index contributed by atoms with van der Waals surface area (Å²) in [4.78, 5) is 29.0. The Labute approximate surface area is 253 Å². The zero-order valence-electron chi connectivity index (χ0n) is 24.0. The summed E-state index contributed by atoms with van der Waals surface area (Å²) in [5.74, 6) is -0.822. The van der Waals surface area contributed by atoms with Gasteiger partial charge in [-0.05, 0) is 81.1 Å². The van der Waals surface area contributed by atoms with Crippen LogP contribution in [0.4, 0.5) is 5.69 Å². The molecule has 0 saturated carbocycles. The van der Waals surface area contributed by atoms with Crippen LogP contribution in [0, 0.1) is 13.8 Å². The Morgan fingerprint density at radius 3 is 2.07 bits per heavy atom. The van der Waals surface area contributed by atoms with E-state index in [-0.39, 0.29) is 29.1 Å². The number of nitrogens with one attached hydrogen (secondary N) is 1. The number of sulfonamides is 1. The van der Waals surface area contributed by atoms with Crippen molar-refractivity contribution in [2.45, 2.75) is 71.0 Å². The van der Waals surface area contributed by atoms with Crippen LogP contribution in [-0.4, -0.2) is 43.8 Å². The fourth-order valence-electron chi connectivity index (χ4n) is 4.35. The van der Waals surface area contributed by atoms with E-state index in [4.69, 9.17) is 23.2 Å². The van der Waals surface area contributed by atoms with E-state index >= 15 is 0 Å². The quantitative estimate of drug-likeness (QED) is 0.250. The van der Waals surface area contributed by atoms with Gasteiger partial charge in [0.25, 0.3) is 10.0 Å². The highest BCUT2D eigenvalue weighted by Crippen LogP contribution is 2.30. The second kappa shape index (κ2) is 14.2. The van der Waals surface area contributed by atoms with Crippen molar-refractivity contribution in [1.82, 2.24) is 10.2 Å². The number of hydrogen-bond donors (Lipinski definition) is 1. The summed E-state index contributed by atoms with van der Waals surface area (Å²) in [6, 6.07) is 17.4. The van der Waals surface area contributed by atoms with Gasteiger partial charge in [0.2, 0.25) is 11.8 Å². The number of rotatable bonds is 12. The van der Waals surface area contributed by atoms with Gasteiger partial charge in [0, 0.05) is 22.6 Å². The molecule has 0 fully saturated rings. The first-order valence-corrected chi connectivity index (χ1v) is 15.8. The van der Waals surface area contributed by atoms with Crippen LogP contribution in [0.3, 0.4) is 0 Å². The predicted octanol–water partition coefficient (Wildman–Crippen LogP) is 6.53.